The van der Waals surface area contributed by atoms with Crippen LogP contribution in [0.15, 0.2) is 35.7 Å². The van der Waals surface area contributed by atoms with Gasteiger partial charge in [0.25, 0.3) is 0 Å². The van der Waals surface area contributed by atoms with Crippen molar-refractivity contribution in [3.05, 3.63) is 36.4 Å². The van der Waals surface area contributed by atoms with Crippen molar-refractivity contribution in [2.24, 2.45) is 0 Å². The molecule has 1 aromatic carbocycles. The molecular weight excluding hydrogens is 176 g/mol. The van der Waals surface area contributed by atoms with Gasteiger partial charge in [-0.15, -0.1) is 11.8 Å². The molecule has 0 atom stereocenters. The second kappa shape index (κ2) is 5.13. The van der Waals surface area contributed by atoms with Gasteiger partial charge in [0.05, 0.1) is 0 Å². The zero-order valence-electron chi connectivity index (χ0n) is 8.34. The molecule has 0 saturated heterocycles. The van der Waals surface area contributed by atoms with Gasteiger partial charge >= 0.3 is 0 Å². The van der Waals surface area contributed by atoms with Crippen LogP contribution in [0.5, 0.6) is 0 Å². The van der Waals surface area contributed by atoms with E-state index in [9.17, 15) is 0 Å². The summed E-state index contributed by atoms with van der Waals surface area (Å²) in [5.41, 5.74) is 2.64. The molecule has 0 nitrogen and oxygen atoms in total. The van der Waals surface area contributed by atoms with Crippen molar-refractivity contribution < 1.29 is 0 Å². The van der Waals surface area contributed by atoms with Crippen LogP contribution in [0.2, 0.25) is 0 Å². The van der Waals surface area contributed by atoms with Crippen molar-refractivity contribution in [2.45, 2.75) is 25.2 Å². The van der Waals surface area contributed by atoms with E-state index in [2.05, 4.69) is 30.8 Å². The summed E-state index contributed by atoms with van der Waals surface area (Å²) in [6.07, 6.45) is 1.14. The van der Waals surface area contributed by atoms with Crippen molar-refractivity contribution in [3.8, 4) is 0 Å². The van der Waals surface area contributed by atoms with Crippen LogP contribution in [0.1, 0.15) is 25.8 Å². The van der Waals surface area contributed by atoms with E-state index in [1.165, 1.54) is 21.8 Å². The second-order valence-electron chi connectivity index (χ2n) is 2.70. The number of hydrogen-bond acceptors (Lipinski definition) is 1. The minimum Gasteiger partial charge on any atom is -0.125 e. The Bertz CT molecular complexity index is 289. The summed E-state index contributed by atoms with van der Waals surface area (Å²) in [7, 11) is 0. The maximum Gasteiger partial charge on any atom is 0.0147 e. The molecule has 0 amide bonds. The highest BCUT2D eigenvalue weighted by atomic mass is 32.2. The normalized spacial score (nSPS) is 14.2. The molecule has 1 aromatic rings. The van der Waals surface area contributed by atoms with Gasteiger partial charge in [0.2, 0.25) is 0 Å². The van der Waals surface area contributed by atoms with Gasteiger partial charge in [-0.1, -0.05) is 38.6 Å². The molecule has 0 spiro atoms. The number of allylic oxidation sites excluding steroid dienone is 1. The molecule has 13 heavy (non-hydrogen) atoms. The van der Waals surface area contributed by atoms with Crippen LogP contribution < -0.4 is 0 Å². The lowest BCUT2D eigenvalue weighted by Gasteiger charge is -2.16. The first kappa shape index (κ1) is 10.4. The van der Waals surface area contributed by atoms with E-state index in [0.717, 1.165) is 6.42 Å². The minimum absolute atomic E-state index is 1.14. The van der Waals surface area contributed by atoms with Gasteiger partial charge in [-0.05, 0) is 23.6 Å². The van der Waals surface area contributed by atoms with E-state index in [1.807, 2.05) is 25.6 Å². The van der Waals surface area contributed by atoms with Crippen LogP contribution in [0.3, 0.4) is 0 Å². The molecule has 70 valence electrons. The molecule has 1 heterocycles. The highest BCUT2D eigenvalue weighted by Crippen LogP contribution is 2.35. The molecule has 0 aromatic heterocycles. The third kappa shape index (κ3) is 2.38. The van der Waals surface area contributed by atoms with Crippen LogP contribution in [0.25, 0.3) is 5.57 Å². The lowest BCUT2D eigenvalue weighted by Crippen LogP contribution is -1.95. The second-order valence-corrected chi connectivity index (χ2v) is 3.83. The molecule has 0 fully saturated rings. The van der Waals surface area contributed by atoms with E-state index in [1.54, 1.807) is 0 Å². The maximum atomic E-state index is 4.04. The monoisotopic (exact) mass is 192 g/mol. The Hall–Kier alpha value is -0.690. The van der Waals surface area contributed by atoms with E-state index in [0.29, 0.717) is 0 Å². The molecule has 1 aliphatic heterocycles. The van der Waals surface area contributed by atoms with Gasteiger partial charge in [0, 0.05) is 10.6 Å². The number of fused-ring (bicyclic) bond motifs is 1. The van der Waals surface area contributed by atoms with Gasteiger partial charge in [-0.3, -0.25) is 0 Å². The van der Waals surface area contributed by atoms with Crippen LogP contribution >= 0.6 is 11.8 Å². The molecule has 0 radical (unpaired) electrons. The Morgan fingerprint density at radius 1 is 1.23 bits per heavy atom. The Morgan fingerprint density at radius 2 is 1.92 bits per heavy atom. The molecule has 1 aliphatic rings. The van der Waals surface area contributed by atoms with Gasteiger partial charge in [0.1, 0.15) is 0 Å². The lowest BCUT2D eigenvalue weighted by atomic mass is 10.1. The van der Waals surface area contributed by atoms with Crippen molar-refractivity contribution in [3.63, 3.8) is 0 Å². The molecule has 0 saturated carbocycles. The average molecular weight is 192 g/mol. The first-order valence-electron chi connectivity index (χ1n) is 4.78. The third-order valence-corrected chi connectivity index (χ3v) is 3.00. The first-order valence-corrected chi connectivity index (χ1v) is 5.76. The summed E-state index contributed by atoms with van der Waals surface area (Å²) < 4.78 is 0. The predicted molar refractivity (Wildman–Crippen MR) is 62.2 cm³/mol. The quantitative estimate of drug-likeness (QED) is 0.593. The summed E-state index contributed by atoms with van der Waals surface area (Å²) in [6.45, 7) is 8.04. The Morgan fingerprint density at radius 3 is 2.62 bits per heavy atom. The summed E-state index contributed by atoms with van der Waals surface area (Å²) in [4.78, 5) is 1.39. The summed E-state index contributed by atoms with van der Waals surface area (Å²) in [6, 6.07) is 8.49. The van der Waals surface area contributed by atoms with Gasteiger partial charge < -0.3 is 0 Å². The fourth-order valence-corrected chi connectivity index (χ4v) is 2.41. The number of benzene rings is 1. The first-order chi connectivity index (χ1) is 6.38. The lowest BCUT2D eigenvalue weighted by molar-refractivity contribution is 1.19. The number of hydrogen-bond donors (Lipinski definition) is 0. The number of rotatable bonds is 0. The summed E-state index contributed by atoms with van der Waals surface area (Å²) >= 11 is 1.93. The smallest absolute Gasteiger partial charge is 0.0147 e. The summed E-state index contributed by atoms with van der Waals surface area (Å²) in [5, 5.41) is 0. The van der Waals surface area contributed by atoms with Crippen molar-refractivity contribution in [1.82, 2.24) is 0 Å². The third-order valence-electron chi connectivity index (χ3n) is 1.93. The van der Waals surface area contributed by atoms with Crippen molar-refractivity contribution in [1.29, 1.82) is 0 Å². The van der Waals surface area contributed by atoms with Crippen LogP contribution in [0, 0.1) is 0 Å². The largest absolute Gasteiger partial charge is 0.125 e. The fraction of sp³-hybridized carbons (Fsp3) is 0.333. The summed E-state index contributed by atoms with van der Waals surface area (Å²) in [5.74, 6) is 1.19. The predicted octanol–water partition coefficient (Wildman–Crippen LogP) is 4.22. The molecule has 0 N–H and O–H groups in total. The highest BCUT2D eigenvalue weighted by Gasteiger charge is 2.10. The number of thioether (sulfide) groups is 1. The van der Waals surface area contributed by atoms with Crippen LogP contribution in [0.4, 0.5) is 0 Å². The van der Waals surface area contributed by atoms with E-state index in [-0.39, 0.29) is 0 Å². The molecule has 1 heteroatoms. The fourth-order valence-electron chi connectivity index (χ4n) is 1.30. The van der Waals surface area contributed by atoms with Crippen LogP contribution in [-0.4, -0.2) is 5.75 Å². The Kier molecular flexibility index (Phi) is 4.10. The minimum atomic E-state index is 1.14. The maximum absolute atomic E-state index is 4.04. The van der Waals surface area contributed by atoms with Crippen molar-refractivity contribution >= 4 is 17.3 Å². The van der Waals surface area contributed by atoms with E-state index >= 15 is 0 Å². The zero-order valence-corrected chi connectivity index (χ0v) is 9.16. The molecule has 0 unspecified atom stereocenters. The standard InChI is InChI=1S/C10H10S.C2H6/c1-8-6-7-11-10-5-3-2-4-9(8)10;1-2/h2-5H,1,6-7H2;1-2H3. The van der Waals surface area contributed by atoms with Crippen LogP contribution in [-0.2, 0) is 0 Å². The van der Waals surface area contributed by atoms with Gasteiger partial charge in [-0.25, -0.2) is 0 Å². The Balaban J connectivity index is 0.000000396. The average Bonchev–Trinajstić information content (AvgIpc) is 2.22. The SMILES string of the molecule is C=C1CCSc2ccccc21.CC. The van der Waals surface area contributed by atoms with Gasteiger partial charge in [-0.2, -0.15) is 0 Å². The molecule has 0 aliphatic carbocycles. The molecule has 0 bridgehead atoms. The highest BCUT2D eigenvalue weighted by molar-refractivity contribution is 7.99. The molecular formula is C12H16S. The van der Waals surface area contributed by atoms with Crippen molar-refractivity contribution in [2.75, 3.05) is 5.75 Å². The Labute approximate surface area is 85.1 Å². The van der Waals surface area contributed by atoms with E-state index in [4.69, 9.17) is 0 Å². The van der Waals surface area contributed by atoms with Gasteiger partial charge in [0.15, 0.2) is 0 Å². The topological polar surface area (TPSA) is 0 Å². The molecule has 2 rings (SSSR count). The van der Waals surface area contributed by atoms with E-state index < -0.39 is 0 Å². The zero-order chi connectivity index (χ0) is 9.68.